The summed E-state index contributed by atoms with van der Waals surface area (Å²) in [4.78, 5) is 0. The van der Waals surface area contributed by atoms with Crippen LogP contribution in [0.4, 0.5) is 0 Å². The normalized spacial score (nSPS) is 15.2. The number of nitrogens with two attached hydrogens (primary N) is 1. The molecule has 108 valence electrons. The molecule has 2 atom stereocenters. The Hall–Kier alpha value is -1.02. The molecule has 1 aromatic rings. The van der Waals surface area contributed by atoms with Gasteiger partial charge >= 0.3 is 0 Å². The van der Waals surface area contributed by atoms with Crippen molar-refractivity contribution in [2.24, 2.45) is 17.1 Å². The predicted octanol–water partition coefficient (Wildman–Crippen LogP) is 4.38. The van der Waals surface area contributed by atoms with Gasteiger partial charge in [-0.1, -0.05) is 33.8 Å². The molecule has 1 rings (SSSR count). The first-order valence-electron chi connectivity index (χ1n) is 7.07. The lowest BCUT2D eigenvalue weighted by molar-refractivity contribution is 0.233. The number of rotatable bonds is 4. The van der Waals surface area contributed by atoms with Crippen LogP contribution in [0.5, 0.6) is 5.75 Å². The van der Waals surface area contributed by atoms with Crippen LogP contribution < -0.4 is 10.5 Å². The highest BCUT2D eigenvalue weighted by molar-refractivity contribution is 5.42. The van der Waals surface area contributed by atoms with Crippen molar-refractivity contribution in [3.8, 4) is 5.75 Å². The third-order valence-electron chi connectivity index (χ3n) is 4.27. The first-order valence-corrected chi connectivity index (χ1v) is 7.07. The number of benzene rings is 1. The molecule has 0 aliphatic rings. The zero-order chi connectivity index (χ0) is 14.8. The summed E-state index contributed by atoms with van der Waals surface area (Å²) >= 11 is 0. The summed E-state index contributed by atoms with van der Waals surface area (Å²) in [6.07, 6.45) is 1.01. The van der Waals surface area contributed by atoms with Crippen molar-refractivity contribution in [2.45, 2.75) is 54.0 Å². The van der Waals surface area contributed by atoms with Gasteiger partial charge in [0.1, 0.15) is 5.75 Å². The predicted molar refractivity (Wildman–Crippen MR) is 82.6 cm³/mol. The van der Waals surface area contributed by atoms with Gasteiger partial charge in [0.2, 0.25) is 0 Å². The van der Waals surface area contributed by atoms with E-state index in [2.05, 4.69) is 53.7 Å². The third-order valence-corrected chi connectivity index (χ3v) is 4.27. The second-order valence-corrected chi connectivity index (χ2v) is 6.79. The van der Waals surface area contributed by atoms with E-state index in [9.17, 15) is 0 Å². The van der Waals surface area contributed by atoms with Crippen molar-refractivity contribution in [2.75, 3.05) is 7.11 Å². The zero-order valence-corrected chi connectivity index (χ0v) is 13.5. The highest BCUT2D eigenvalue weighted by Crippen LogP contribution is 2.34. The Morgan fingerprint density at radius 3 is 2.21 bits per heavy atom. The molecule has 2 unspecified atom stereocenters. The van der Waals surface area contributed by atoms with Crippen molar-refractivity contribution < 1.29 is 4.74 Å². The molecule has 0 radical (unpaired) electrons. The fourth-order valence-electron chi connectivity index (χ4n) is 2.29. The highest BCUT2D eigenvalue weighted by atomic mass is 16.5. The molecule has 0 saturated carbocycles. The first-order chi connectivity index (χ1) is 8.66. The van der Waals surface area contributed by atoms with Crippen molar-refractivity contribution in [1.29, 1.82) is 0 Å². The molecule has 2 nitrogen and oxygen atoms in total. The number of ether oxygens (including phenoxy) is 1. The van der Waals surface area contributed by atoms with Crippen LogP contribution in [0.25, 0.3) is 0 Å². The highest BCUT2D eigenvalue weighted by Gasteiger charge is 2.23. The number of hydrogen-bond acceptors (Lipinski definition) is 2. The van der Waals surface area contributed by atoms with E-state index in [1.807, 2.05) is 0 Å². The minimum Gasteiger partial charge on any atom is -0.496 e. The smallest absolute Gasteiger partial charge is 0.122 e. The zero-order valence-electron chi connectivity index (χ0n) is 13.5. The van der Waals surface area contributed by atoms with Gasteiger partial charge in [-0.05, 0) is 54.4 Å². The molecular formula is C17H29NO. The summed E-state index contributed by atoms with van der Waals surface area (Å²) < 4.78 is 5.36. The van der Waals surface area contributed by atoms with Crippen molar-refractivity contribution >= 4 is 0 Å². The SMILES string of the molecule is COc1cc(C)c(C(N)CC(C)C(C)(C)C)cc1C. The average Bonchev–Trinajstić information content (AvgIpc) is 2.30. The Kier molecular flexibility index (Phi) is 5.03. The molecule has 2 heteroatoms. The molecule has 0 fully saturated rings. The topological polar surface area (TPSA) is 35.2 Å². The number of hydrogen-bond donors (Lipinski definition) is 1. The molecule has 1 aromatic carbocycles. The lowest BCUT2D eigenvalue weighted by Gasteiger charge is -2.30. The first kappa shape index (κ1) is 16.0. The lowest BCUT2D eigenvalue weighted by Crippen LogP contribution is -2.23. The fraction of sp³-hybridized carbons (Fsp3) is 0.647. The van der Waals surface area contributed by atoms with Crippen LogP contribution >= 0.6 is 0 Å². The molecule has 0 saturated heterocycles. The Bertz CT molecular complexity index is 432. The van der Waals surface area contributed by atoms with E-state index in [0.29, 0.717) is 11.3 Å². The van der Waals surface area contributed by atoms with E-state index in [1.165, 1.54) is 11.1 Å². The molecular weight excluding hydrogens is 234 g/mol. The molecule has 2 N–H and O–H groups in total. The Labute approximate surface area is 118 Å². The molecule has 0 bridgehead atoms. The van der Waals surface area contributed by atoms with Gasteiger partial charge in [0.15, 0.2) is 0 Å². The van der Waals surface area contributed by atoms with E-state index in [-0.39, 0.29) is 6.04 Å². The van der Waals surface area contributed by atoms with E-state index in [0.717, 1.165) is 17.7 Å². The minimum absolute atomic E-state index is 0.0961. The maximum absolute atomic E-state index is 6.41. The summed E-state index contributed by atoms with van der Waals surface area (Å²) in [5, 5.41) is 0. The Morgan fingerprint density at radius 2 is 1.74 bits per heavy atom. The summed E-state index contributed by atoms with van der Waals surface area (Å²) in [5.74, 6) is 1.53. The maximum Gasteiger partial charge on any atom is 0.122 e. The third kappa shape index (κ3) is 3.97. The van der Waals surface area contributed by atoms with Crippen LogP contribution in [0, 0.1) is 25.2 Å². The summed E-state index contributed by atoms with van der Waals surface area (Å²) in [5.41, 5.74) is 10.3. The van der Waals surface area contributed by atoms with Crippen LogP contribution in [-0.4, -0.2) is 7.11 Å². The Balaban J connectivity index is 2.94. The van der Waals surface area contributed by atoms with Crippen molar-refractivity contribution in [1.82, 2.24) is 0 Å². The quantitative estimate of drug-likeness (QED) is 0.874. The van der Waals surface area contributed by atoms with Crippen LogP contribution in [0.15, 0.2) is 12.1 Å². The largest absolute Gasteiger partial charge is 0.496 e. The van der Waals surface area contributed by atoms with E-state index in [1.54, 1.807) is 7.11 Å². The fourth-order valence-corrected chi connectivity index (χ4v) is 2.29. The maximum atomic E-state index is 6.41. The second kappa shape index (κ2) is 5.96. The van der Waals surface area contributed by atoms with E-state index >= 15 is 0 Å². The molecule has 19 heavy (non-hydrogen) atoms. The minimum atomic E-state index is 0.0961. The Morgan fingerprint density at radius 1 is 1.16 bits per heavy atom. The monoisotopic (exact) mass is 263 g/mol. The number of methoxy groups -OCH3 is 1. The lowest BCUT2D eigenvalue weighted by atomic mass is 9.77. The van der Waals surface area contributed by atoms with Gasteiger partial charge in [-0.2, -0.15) is 0 Å². The molecule has 0 amide bonds. The number of aryl methyl sites for hydroxylation is 2. The molecule has 0 aliphatic carbocycles. The summed E-state index contributed by atoms with van der Waals surface area (Å²) in [7, 11) is 1.71. The van der Waals surface area contributed by atoms with E-state index < -0.39 is 0 Å². The molecule has 0 aromatic heterocycles. The van der Waals surface area contributed by atoms with Gasteiger partial charge < -0.3 is 10.5 Å². The molecule has 0 aliphatic heterocycles. The van der Waals surface area contributed by atoms with Gasteiger partial charge in [0.25, 0.3) is 0 Å². The van der Waals surface area contributed by atoms with Gasteiger partial charge in [-0.15, -0.1) is 0 Å². The van der Waals surface area contributed by atoms with Crippen LogP contribution in [0.1, 0.15) is 56.8 Å². The summed E-state index contributed by atoms with van der Waals surface area (Å²) in [6.45, 7) is 13.3. The van der Waals surface area contributed by atoms with Gasteiger partial charge in [0, 0.05) is 6.04 Å². The van der Waals surface area contributed by atoms with Crippen molar-refractivity contribution in [3.63, 3.8) is 0 Å². The summed E-state index contributed by atoms with van der Waals surface area (Å²) in [6, 6.07) is 4.36. The van der Waals surface area contributed by atoms with Crippen LogP contribution in [0.2, 0.25) is 0 Å². The van der Waals surface area contributed by atoms with Gasteiger partial charge in [-0.3, -0.25) is 0 Å². The molecule has 0 heterocycles. The standard InChI is InChI=1S/C17H29NO/c1-11-9-16(19-7)12(2)8-14(11)15(18)10-13(3)17(4,5)6/h8-9,13,15H,10,18H2,1-7H3. The van der Waals surface area contributed by atoms with E-state index in [4.69, 9.17) is 10.5 Å². The van der Waals surface area contributed by atoms with Crippen LogP contribution in [0.3, 0.4) is 0 Å². The average molecular weight is 263 g/mol. The van der Waals surface area contributed by atoms with Crippen molar-refractivity contribution in [3.05, 3.63) is 28.8 Å². The molecule has 0 spiro atoms. The van der Waals surface area contributed by atoms with Gasteiger partial charge in [-0.25, -0.2) is 0 Å². The van der Waals surface area contributed by atoms with Crippen LogP contribution in [-0.2, 0) is 0 Å². The van der Waals surface area contributed by atoms with Gasteiger partial charge in [0.05, 0.1) is 7.11 Å². The second-order valence-electron chi connectivity index (χ2n) is 6.79.